The zero-order valence-corrected chi connectivity index (χ0v) is 11.0. The molecule has 2 bridgehead atoms. The lowest BCUT2D eigenvalue weighted by atomic mass is 9.81. The number of ketones is 1. The van der Waals surface area contributed by atoms with E-state index in [9.17, 15) is 4.79 Å². The molecule has 19 heavy (non-hydrogen) atoms. The van der Waals surface area contributed by atoms with Crippen molar-refractivity contribution in [2.24, 2.45) is 11.8 Å². The molecule has 0 aromatic heterocycles. The molecule has 3 atom stereocenters. The summed E-state index contributed by atoms with van der Waals surface area (Å²) in [6, 6.07) is 8.22. The van der Waals surface area contributed by atoms with Gasteiger partial charge in [0.1, 0.15) is 5.60 Å². The Labute approximate surface area is 113 Å². The molecule has 1 aromatic rings. The minimum Gasteiger partial charge on any atom is -0.355 e. The molecule has 1 saturated heterocycles. The fraction of sp³-hybridized carbons (Fsp3) is 0.588. The number of benzene rings is 1. The van der Waals surface area contributed by atoms with Gasteiger partial charge in [-0.25, -0.2) is 0 Å². The number of fused-ring (bicyclic) bond motifs is 2. The molecule has 0 N–H and O–H groups in total. The molecule has 2 heterocycles. The van der Waals surface area contributed by atoms with Crippen molar-refractivity contribution in [2.75, 3.05) is 0 Å². The molecule has 0 unspecified atom stereocenters. The lowest BCUT2D eigenvalue weighted by Gasteiger charge is -2.40. The highest BCUT2D eigenvalue weighted by molar-refractivity contribution is 6.06. The second kappa shape index (κ2) is 3.12. The second-order valence-corrected chi connectivity index (χ2v) is 6.82. The van der Waals surface area contributed by atoms with Crippen LogP contribution in [0.5, 0.6) is 0 Å². The van der Waals surface area contributed by atoms with Gasteiger partial charge in [-0.3, -0.25) is 4.79 Å². The summed E-state index contributed by atoms with van der Waals surface area (Å²) in [5.41, 5.74) is 1.59. The van der Waals surface area contributed by atoms with Gasteiger partial charge in [0.05, 0.1) is 5.60 Å². The van der Waals surface area contributed by atoms with Crippen LogP contribution >= 0.6 is 0 Å². The Hall–Kier alpha value is -1.15. The topological polar surface area (TPSA) is 26.3 Å². The van der Waals surface area contributed by atoms with Crippen molar-refractivity contribution < 1.29 is 9.53 Å². The van der Waals surface area contributed by atoms with Gasteiger partial charge in [0.2, 0.25) is 0 Å². The minimum atomic E-state index is -0.445. The highest BCUT2D eigenvalue weighted by Crippen LogP contribution is 2.66. The van der Waals surface area contributed by atoms with Crippen molar-refractivity contribution >= 4 is 5.78 Å². The number of Topliss-reactive ketones (excluding diaryl/α,β-unsaturated/α-hetero) is 1. The summed E-state index contributed by atoms with van der Waals surface area (Å²) in [6.45, 7) is 0. The second-order valence-electron chi connectivity index (χ2n) is 6.82. The summed E-state index contributed by atoms with van der Waals surface area (Å²) >= 11 is 0. The van der Waals surface area contributed by atoms with E-state index >= 15 is 0 Å². The molecular weight excluding hydrogens is 236 g/mol. The molecule has 3 fully saturated rings. The quantitative estimate of drug-likeness (QED) is 0.767. The summed E-state index contributed by atoms with van der Waals surface area (Å²) in [7, 11) is 0. The maximum absolute atomic E-state index is 13.0. The number of hydrogen-bond donors (Lipinski definition) is 0. The molecule has 5 rings (SSSR count). The first-order valence-electron chi connectivity index (χ1n) is 7.61. The van der Waals surface area contributed by atoms with E-state index in [1.165, 1.54) is 31.2 Å². The Morgan fingerprint density at radius 2 is 1.89 bits per heavy atom. The molecule has 98 valence electrons. The Kier molecular flexibility index (Phi) is 1.74. The van der Waals surface area contributed by atoms with E-state index in [1.807, 2.05) is 12.1 Å². The van der Waals surface area contributed by atoms with Crippen LogP contribution < -0.4 is 0 Å². The monoisotopic (exact) mass is 254 g/mol. The lowest BCUT2D eigenvalue weighted by molar-refractivity contribution is -0.110. The molecule has 2 heteroatoms. The molecule has 2 saturated carbocycles. The zero-order valence-electron chi connectivity index (χ0n) is 11.0. The van der Waals surface area contributed by atoms with E-state index < -0.39 is 5.60 Å². The van der Waals surface area contributed by atoms with Crippen LogP contribution in [-0.2, 0) is 10.3 Å². The van der Waals surface area contributed by atoms with Crippen molar-refractivity contribution in [3.8, 4) is 0 Å². The predicted octanol–water partition coefficient (Wildman–Crippen LogP) is 3.45. The first-order chi connectivity index (χ1) is 9.26. The first kappa shape index (κ1) is 10.6. The highest BCUT2D eigenvalue weighted by Gasteiger charge is 2.69. The summed E-state index contributed by atoms with van der Waals surface area (Å²) in [4.78, 5) is 13.0. The van der Waals surface area contributed by atoms with Gasteiger partial charge in [0, 0.05) is 5.56 Å². The molecule has 2 aliphatic heterocycles. The Morgan fingerprint density at radius 3 is 2.74 bits per heavy atom. The van der Waals surface area contributed by atoms with Gasteiger partial charge >= 0.3 is 0 Å². The number of ether oxygens (including phenoxy) is 1. The van der Waals surface area contributed by atoms with Crippen LogP contribution in [0.2, 0.25) is 0 Å². The van der Waals surface area contributed by atoms with Crippen LogP contribution in [0.25, 0.3) is 0 Å². The summed E-state index contributed by atoms with van der Waals surface area (Å²) in [5.74, 6) is 1.35. The van der Waals surface area contributed by atoms with Gasteiger partial charge in [0.15, 0.2) is 5.78 Å². The van der Waals surface area contributed by atoms with Crippen molar-refractivity contribution in [1.82, 2.24) is 0 Å². The van der Waals surface area contributed by atoms with Crippen LogP contribution in [0, 0.1) is 11.8 Å². The van der Waals surface area contributed by atoms with Crippen LogP contribution in [0.4, 0.5) is 0 Å². The molecule has 0 radical (unpaired) electrons. The van der Waals surface area contributed by atoms with E-state index in [0.717, 1.165) is 18.4 Å². The Bertz CT molecular complexity index is 589. The maximum Gasteiger partial charge on any atom is 0.195 e. The van der Waals surface area contributed by atoms with Crippen LogP contribution in [0.1, 0.15) is 54.4 Å². The largest absolute Gasteiger partial charge is 0.355 e. The molecule has 1 aromatic carbocycles. The third-order valence-corrected chi connectivity index (χ3v) is 5.92. The van der Waals surface area contributed by atoms with Gasteiger partial charge in [-0.15, -0.1) is 0 Å². The zero-order chi connectivity index (χ0) is 12.7. The average Bonchev–Trinajstić information content (AvgIpc) is 3.14. The SMILES string of the molecule is O=C1c2ccccc2[C@]23CCC[C@H]2C[C@@]1(C1CC1)O3. The molecule has 2 nitrogen and oxygen atoms in total. The smallest absolute Gasteiger partial charge is 0.195 e. The normalized spacial score (nSPS) is 43.2. The number of hydrogen-bond acceptors (Lipinski definition) is 2. The van der Waals surface area contributed by atoms with Crippen LogP contribution in [0.3, 0.4) is 0 Å². The fourth-order valence-corrected chi connectivity index (χ4v) is 4.99. The third kappa shape index (κ3) is 1.07. The van der Waals surface area contributed by atoms with E-state index in [2.05, 4.69) is 12.1 Å². The van der Waals surface area contributed by atoms with Gasteiger partial charge in [-0.1, -0.05) is 24.3 Å². The van der Waals surface area contributed by atoms with Crippen molar-refractivity contribution in [3.05, 3.63) is 35.4 Å². The molecule has 1 spiro atoms. The number of carbonyl (C=O) groups is 1. The Balaban J connectivity index is 1.80. The molecular formula is C17H18O2. The van der Waals surface area contributed by atoms with E-state index in [1.54, 1.807) is 0 Å². The van der Waals surface area contributed by atoms with E-state index in [4.69, 9.17) is 4.74 Å². The average molecular weight is 254 g/mol. The third-order valence-electron chi connectivity index (χ3n) is 5.92. The van der Waals surface area contributed by atoms with Crippen LogP contribution in [0.15, 0.2) is 24.3 Å². The molecule has 2 aliphatic carbocycles. The van der Waals surface area contributed by atoms with Gasteiger partial charge in [-0.05, 0) is 55.9 Å². The van der Waals surface area contributed by atoms with E-state index in [-0.39, 0.29) is 11.4 Å². The van der Waals surface area contributed by atoms with Crippen molar-refractivity contribution in [1.29, 1.82) is 0 Å². The van der Waals surface area contributed by atoms with Crippen LogP contribution in [-0.4, -0.2) is 11.4 Å². The standard InChI is InChI=1S/C17H18O2/c18-15-13-5-1-2-6-14(13)16-9-3-4-12(16)10-17(15,19-16)11-7-8-11/h1-2,5-6,11-12H,3-4,7-10H2/t12-,16-,17-/m0/s1. The summed E-state index contributed by atoms with van der Waals surface area (Å²) in [5, 5.41) is 0. The van der Waals surface area contributed by atoms with Gasteiger partial charge in [0.25, 0.3) is 0 Å². The lowest BCUT2D eigenvalue weighted by Crippen LogP contribution is -2.48. The predicted molar refractivity (Wildman–Crippen MR) is 70.9 cm³/mol. The van der Waals surface area contributed by atoms with Crippen molar-refractivity contribution in [2.45, 2.75) is 49.7 Å². The highest BCUT2D eigenvalue weighted by atomic mass is 16.5. The van der Waals surface area contributed by atoms with Gasteiger partial charge < -0.3 is 4.74 Å². The molecule has 0 amide bonds. The van der Waals surface area contributed by atoms with Crippen molar-refractivity contribution in [3.63, 3.8) is 0 Å². The number of carbonyl (C=O) groups excluding carboxylic acids is 1. The Morgan fingerprint density at radius 1 is 1.05 bits per heavy atom. The minimum absolute atomic E-state index is 0.118. The number of rotatable bonds is 1. The van der Waals surface area contributed by atoms with E-state index in [0.29, 0.717) is 11.8 Å². The summed E-state index contributed by atoms with van der Waals surface area (Å²) in [6.07, 6.45) is 6.92. The fourth-order valence-electron chi connectivity index (χ4n) is 4.99. The van der Waals surface area contributed by atoms with Gasteiger partial charge in [-0.2, -0.15) is 0 Å². The first-order valence-corrected chi connectivity index (χ1v) is 7.61. The maximum atomic E-state index is 13.0. The molecule has 4 aliphatic rings. The summed E-state index contributed by atoms with van der Waals surface area (Å²) < 4.78 is 6.61.